The van der Waals surface area contributed by atoms with Crippen molar-refractivity contribution in [3.8, 4) is 34.2 Å². The van der Waals surface area contributed by atoms with Crippen molar-refractivity contribution in [3.63, 3.8) is 0 Å². The second-order valence-corrected chi connectivity index (χ2v) is 16.0. The Bertz CT molecular complexity index is 2900. The number of para-hydroxylation sites is 4. The molecule has 260 valence electrons. The van der Waals surface area contributed by atoms with E-state index in [4.69, 9.17) is 9.97 Å². The fourth-order valence-electron chi connectivity index (χ4n) is 11.0. The van der Waals surface area contributed by atoms with Crippen LogP contribution in [0.1, 0.15) is 32.6 Å². The Balaban J connectivity index is 1.14. The molecule has 0 spiro atoms. The first kappa shape index (κ1) is 30.3. The third kappa shape index (κ3) is 4.15. The number of benzene rings is 6. The highest BCUT2D eigenvalue weighted by Crippen LogP contribution is 2.64. The van der Waals surface area contributed by atoms with Gasteiger partial charge in [0.15, 0.2) is 5.82 Å². The maximum absolute atomic E-state index is 5.58. The first-order valence-electron chi connectivity index (χ1n) is 19.5. The first-order chi connectivity index (χ1) is 26.6. The highest BCUT2D eigenvalue weighted by atomic mass is 15.3. The van der Waals surface area contributed by atoms with Crippen LogP contribution >= 0.6 is 0 Å². The van der Waals surface area contributed by atoms with Gasteiger partial charge in [0, 0.05) is 50.9 Å². The van der Waals surface area contributed by atoms with Gasteiger partial charge < -0.3 is 4.90 Å². The topological polar surface area (TPSA) is 38.9 Å². The summed E-state index contributed by atoms with van der Waals surface area (Å²) in [5.41, 5.74) is 9.73. The summed E-state index contributed by atoms with van der Waals surface area (Å²) in [4.78, 5) is 13.9. The summed E-state index contributed by atoms with van der Waals surface area (Å²) in [5, 5.41) is 4.86. The summed E-state index contributed by atoms with van der Waals surface area (Å²) in [6, 6.07) is 56.0. The van der Waals surface area contributed by atoms with E-state index in [9.17, 15) is 0 Å². The minimum atomic E-state index is 0.399. The smallest absolute Gasteiger partial charge is 0.166 e. The van der Waals surface area contributed by atoms with E-state index in [1.165, 1.54) is 64.0 Å². The number of hydrogen-bond acceptors (Lipinski definition) is 3. The first-order valence-corrected chi connectivity index (χ1v) is 19.5. The summed E-state index contributed by atoms with van der Waals surface area (Å²) >= 11 is 0. The van der Waals surface area contributed by atoms with Gasteiger partial charge >= 0.3 is 0 Å². The molecule has 2 aliphatic carbocycles. The number of anilines is 1. The van der Waals surface area contributed by atoms with Gasteiger partial charge in [-0.05, 0) is 90.6 Å². The van der Waals surface area contributed by atoms with Crippen LogP contribution in [0.5, 0.6) is 0 Å². The van der Waals surface area contributed by atoms with Crippen molar-refractivity contribution in [3.05, 3.63) is 152 Å². The Morgan fingerprint density at radius 2 is 1.11 bits per heavy atom. The molecule has 5 nitrogen and oxygen atoms in total. The molecular weight excluding hydrogens is 659 g/mol. The van der Waals surface area contributed by atoms with Crippen molar-refractivity contribution < 1.29 is 0 Å². The minimum absolute atomic E-state index is 0.399. The van der Waals surface area contributed by atoms with Crippen LogP contribution in [0.25, 0.3) is 77.8 Å². The van der Waals surface area contributed by atoms with Crippen molar-refractivity contribution in [1.82, 2.24) is 19.1 Å². The fourth-order valence-corrected chi connectivity index (χ4v) is 11.0. The lowest BCUT2D eigenvalue weighted by Crippen LogP contribution is -2.43. The van der Waals surface area contributed by atoms with Crippen LogP contribution in [0, 0.1) is 11.3 Å². The normalized spacial score (nSPS) is 21.7. The Kier molecular flexibility index (Phi) is 6.26. The molecule has 0 radical (unpaired) electrons. The molecule has 4 unspecified atom stereocenters. The van der Waals surface area contributed by atoms with Gasteiger partial charge in [-0.15, -0.1) is 0 Å². The predicted octanol–water partition coefficient (Wildman–Crippen LogP) is 11.8. The van der Waals surface area contributed by atoms with Crippen molar-refractivity contribution >= 4 is 49.3 Å². The number of hydrogen-bond donors (Lipinski definition) is 0. The Morgan fingerprint density at radius 1 is 0.537 bits per heavy atom. The van der Waals surface area contributed by atoms with E-state index in [1.807, 2.05) is 0 Å². The molecule has 2 saturated carbocycles. The molecule has 6 aromatic carbocycles. The Hall–Kier alpha value is -6.20. The maximum atomic E-state index is 5.58. The quantitative estimate of drug-likeness (QED) is 0.180. The Morgan fingerprint density at radius 3 is 1.80 bits per heavy atom. The number of aromatic nitrogens is 4. The summed E-state index contributed by atoms with van der Waals surface area (Å²) < 4.78 is 4.69. The monoisotopic (exact) mass is 697 g/mol. The molecule has 1 aliphatic heterocycles. The lowest BCUT2D eigenvalue weighted by Gasteiger charge is -2.40. The van der Waals surface area contributed by atoms with Crippen LogP contribution in [-0.2, 0) is 0 Å². The van der Waals surface area contributed by atoms with Gasteiger partial charge in [-0.1, -0.05) is 110 Å². The molecule has 3 aromatic heterocycles. The van der Waals surface area contributed by atoms with Crippen molar-refractivity contribution in [2.45, 2.75) is 44.7 Å². The van der Waals surface area contributed by atoms with Crippen LogP contribution < -0.4 is 4.90 Å². The van der Waals surface area contributed by atoms with Gasteiger partial charge in [0.1, 0.15) is 11.6 Å². The standard InChI is InChI=1S/C49H39N5/c1-49-30-34-28-33(49)24-26-45(49)52(34)43-22-12-8-18-38(43)48-50-46(53-40-19-9-5-15-35(40)36-16-6-10-20-41(36)53)29-47(51-48)54-42-21-11-7-17-37(42)39-27-32(23-25-44(39)54)31-13-3-2-4-14-31/h2-23,25,27,29,33-34,45H,24,26,28,30H2,1H3. The largest absolute Gasteiger partial charge is 0.364 e. The molecule has 0 amide bonds. The van der Waals surface area contributed by atoms with Gasteiger partial charge in [-0.25, -0.2) is 9.97 Å². The fraction of sp³-hybridized carbons (Fsp3) is 0.184. The van der Waals surface area contributed by atoms with Gasteiger partial charge in [0.05, 0.1) is 22.1 Å². The molecule has 12 rings (SSSR count). The maximum Gasteiger partial charge on any atom is 0.166 e. The zero-order valence-electron chi connectivity index (χ0n) is 30.2. The van der Waals surface area contributed by atoms with Gasteiger partial charge in [0.25, 0.3) is 0 Å². The lowest BCUT2D eigenvalue weighted by atomic mass is 9.80. The molecule has 54 heavy (non-hydrogen) atoms. The van der Waals surface area contributed by atoms with Crippen molar-refractivity contribution in [1.29, 1.82) is 0 Å². The lowest BCUT2D eigenvalue weighted by molar-refractivity contribution is 0.251. The molecule has 3 aliphatic rings. The summed E-state index contributed by atoms with van der Waals surface area (Å²) in [5.74, 6) is 3.34. The predicted molar refractivity (Wildman–Crippen MR) is 222 cm³/mol. The molecule has 3 fully saturated rings. The number of rotatable bonds is 5. The SMILES string of the molecule is CC12CC3CC1CCC2N3c1ccccc1-c1nc(-n2c3ccccc3c3ccccc32)cc(-n2c3ccccc3c3cc(-c4ccccc4)ccc32)n1. The van der Waals surface area contributed by atoms with Crippen LogP contribution in [0.15, 0.2) is 152 Å². The van der Waals surface area contributed by atoms with E-state index in [1.54, 1.807) is 0 Å². The molecule has 5 heteroatoms. The van der Waals surface area contributed by atoms with Gasteiger partial charge in [-0.3, -0.25) is 9.13 Å². The Labute approximate surface area is 314 Å². The molecule has 9 aromatic rings. The number of fused-ring (bicyclic) bond motifs is 7. The van der Waals surface area contributed by atoms with E-state index in [0.29, 0.717) is 17.5 Å². The van der Waals surface area contributed by atoms with Gasteiger partial charge in [-0.2, -0.15) is 0 Å². The molecule has 0 N–H and O–H groups in total. The van der Waals surface area contributed by atoms with E-state index >= 15 is 0 Å². The zero-order chi connectivity index (χ0) is 35.5. The molecule has 2 bridgehead atoms. The van der Waals surface area contributed by atoms with Crippen LogP contribution in [0.2, 0.25) is 0 Å². The number of piperidine rings is 1. The molecular formula is C49H39N5. The molecule has 1 saturated heterocycles. The minimum Gasteiger partial charge on any atom is -0.364 e. The van der Waals surface area contributed by atoms with Crippen LogP contribution in [0.4, 0.5) is 5.69 Å². The summed E-state index contributed by atoms with van der Waals surface area (Å²) in [7, 11) is 0. The second-order valence-electron chi connectivity index (χ2n) is 16.0. The van der Waals surface area contributed by atoms with Crippen molar-refractivity contribution in [2.75, 3.05) is 4.90 Å². The highest BCUT2D eigenvalue weighted by Gasteiger charge is 2.62. The third-order valence-corrected chi connectivity index (χ3v) is 13.4. The van der Waals surface area contributed by atoms with E-state index < -0.39 is 0 Å². The average Bonchev–Trinajstić information content (AvgIpc) is 3.96. The van der Waals surface area contributed by atoms with Crippen molar-refractivity contribution in [2.24, 2.45) is 11.3 Å². The summed E-state index contributed by atoms with van der Waals surface area (Å²) in [6.07, 6.45) is 5.20. The zero-order valence-corrected chi connectivity index (χ0v) is 30.2. The van der Waals surface area contributed by atoms with E-state index in [-0.39, 0.29) is 0 Å². The summed E-state index contributed by atoms with van der Waals surface area (Å²) in [6.45, 7) is 2.56. The van der Waals surface area contributed by atoms with Gasteiger partial charge in [0.2, 0.25) is 0 Å². The van der Waals surface area contributed by atoms with E-state index in [2.05, 4.69) is 173 Å². The molecule has 4 heterocycles. The van der Waals surface area contributed by atoms with Crippen LogP contribution in [-0.4, -0.2) is 31.2 Å². The third-order valence-electron chi connectivity index (χ3n) is 13.4. The van der Waals surface area contributed by atoms with E-state index in [0.717, 1.165) is 51.0 Å². The molecule has 4 atom stereocenters. The number of nitrogens with zero attached hydrogens (tertiary/aromatic N) is 5. The van der Waals surface area contributed by atoms with Crippen LogP contribution in [0.3, 0.4) is 0 Å². The average molecular weight is 698 g/mol. The highest BCUT2D eigenvalue weighted by molar-refractivity contribution is 6.11. The second kappa shape index (κ2) is 11.2.